The van der Waals surface area contributed by atoms with Crippen molar-refractivity contribution in [2.45, 2.75) is 0 Å². The number of halogens is 1. The lowest BCUT2D eigenvalue weighted by molar-refractivity contribution is -0.387. The van der Waals surface area contributed by atoms with Crippen molar-refractivity contribution >= 4 is 16.6 Å². The molecule has 2 rings (SSSR count). The molecule has 1 aromatic carbocycles. The number of aromatic nitrogens is 1. The zero-order chi connectivity index (χ0) is 12.6. The van der Waals surface area contributed by atoms with Gasteiger partial charge < -0.3 is 5.11 Å². The smallest absolute Gasteiger partial charge is 0.305 e. The first-order chi connectivity index (χ1) is 8.04. The first kappa shape index (κ1) is 10.8. The van der Waals surface area contributed by atoms with Crippen LogP contribution in [0.2, 0.25) is 0 Å². The molecule has 0 unspecified atom stereocenters. The number of nitro groups is 1. The number of nitrogens with zero attached hydrogens (tertiary/aromatic N) is 3. The molecule has 1 N–H and O–H groups in total. The Labute approximate surface area is 93.7 Å². The fourth-order valence-electron chi connectivity index (χ4n) is 1.41. The number of benzene rings is 1. The van der Waals surface area contributed by atoms with Crippen LogP contribution >= 0.6 is 0 Å². The number of nitriles is 1. The van der Waals surface area contributed by atoms with Crippen LogP contribution < -0.4 is 0 Å². The summed E-state index contributed by atoms with van der Waals surface area (Å²) in [6.45, 7) is 0. The Bertz CT molecular complexity index is 679. The van der Waals surface area contributed by atoms with Crippen LogP contribution in [-0.2, 0) is 0 Å². The second kappa shape index (κ2) is 3.68. The van der Waals surface area contributed by atoms with Crippen LogP contribution in [0, 0.1) is 27.3 Å². The van der Waals surface area contributed by atoms with E-state index in [1.807, 2.05) is 0 Å². The summed E-state index contributed by atoms with van der Waals surface area (Å²) in [4.78, 5) is 13.3. The predicted octanol–water partition coefficient (Wildman–Crippen LogP) is 1.86. The highest BCUT2D eigenvalue weighted by molar-refractivity contribution is 5.88. The van der Waals surface area contributed by atoms with E-state index in [9.17, 15) is 19.6 Å². The maximum atomic E-state index is 13.3. The third-order valence-electron chi connectivity index (χ3n) is 2.23. The molecule has 84 valence electrons. The highest BCUT2D eigenvalue weighted by Crippen LogP contribution is 2.31. The largest absolute Gasteiger partial charge is 0.506 e. The van der Waals surface area contributed by atoms with Crippen LogP contribution in [0.1, 0.15) is 5.56 Å². The first-order valence-electron chi connectivity index (χ1n) is 4.40. The van der Waals surface area contributed by atoms with Crippen molar-refractivity contribution in [2.75, 3.05) is 0 Å². The van der Waals surface area contributed by atoms with E-state index >= 15 is 0 Å². The Balaban J connectivity index is 2.87. The summed E-state index contributed by atoms with van der Waals surface area (Å²) in [6.07, 6.45) is 1.07. The van der Waals surface area contributed by atoms with E-state index in [2.05, 4.69) is 4.98 Å². The molecule has 17 heavy (non-hydrogen) atoms. The molecule has 7 heteroatoms. The molecule has 0 spiro atoms. The molecular weight excluding hydrogens is 229 g/mol. The molecule has 0 saturated heterocycles. The van der Waals surface area contributed by atoms with Gasteiger partial charge in [-0.1, -0.05) is 0 Å². The molecule has 0 aliphatic rings. The number of pyridine rings is 1. The Morgan fingerprint density at radius 1 is 1.53 bits per heavy atom. The Morgan fingerprint density at radius 2 is 2.24 bits per heavy atom. The van der Waals surface area contributed by atoms with Crippen molar-refractivity contribution in [1.29, 1.82) is 5.26 Å². The van der Waals surface area contributed by atoms with Crippen molar-refractivity contribution in [3.8, 4) is 11.8 Å². The standard InChI is InChI=1S/C10H4FN3O3/c11-7-2-8-6(1-9(7)14(16)17)10(15)5(3-12)4-13-8/h1-2,4H,(H,13,15). The van der Waals surface area contributed by atoms with E-state index in [4.69, 9.17) is 5.26 Å². The van der Waals surface area contributed by atoms with Crippen molar-refractivity contribution in [1.82, 2.24) is 4.98 Å². The molecule has 2 aromatic rings. The van der Waals surface area contributed by atoms with Gasteiger partial charge in [-0.2, -0.15) is 9.65 Å². The number of fused-ring (bicyclic) bond motifs is 1. The highest BCUT2D eigenvalue weighted by atomic mass is 19.1. The van der Waals surface area contributed by atoms with E-state index in [-0.39, 0.29) is 16.5 Å². The molecule has 0 atom stereocenters. The van der Waals surface area contributed by atoms with E-state index in [0.717, 1.165) is 18.3 Å². The van der Waals surface area contributed by atoms with Gasteiger partial charge in [0.25, 0.3) is 0 Å². The summed E-state index contributed by atoms with van der Waals surface area (Å²) in [5, 5.41) is 28.8. The second-order valence-electron chi connectivity index (χ2n) is 3.21. The maximum absolute atomic E-state index is 13.3. The Kier molecular flexibility index (Phi) is 2.33. The monoisotopic (exact) mass is 233 g/mol. The van der Waals surface area contributed by atoms with Gasteiger partial charge in [0.15, 0.2) is 0 Å². The minimum Gasteiger partial charge on any atom is -0.506 e. The summed E-state index contributed by atoms with van der Waals surface area (Å²) < 4.78 is 13.3. The topological polar surface area (TPSA) is 100 Å². The number of hydrogen-bond acceptors (Lipinski definition) is 5. The van der Waals surface area contributed by atoms with Crippen molar-refractivity contribution < 1.29 is 14.4 Å². The Hall–Kier alpha value is -2.75. The average molecular weight is 233 g/mol. The van der Waals surface area contributed by atoms with Gasteiger partial charge in [0.1, 0.15) is 17.4 Å². The summed E-state index contributed by atoms with van der Waals surface area (Å²) in [7, 11) is 0. The minimum absolute atomic E-state index is 0.0304. The molecule has 0 aliphatic heterocycles. The Morgan fingerprint density at radius 3 is 2.82 bits per heavy atom. The van der Waals surface area contributed by atoms with Crippen molar-refractivity contribution in [3.63, 3.8) is 0 Å². The van der Waals surface area contributed by atoms with Crippen LogP contribution in [0.25, 0.3) is 10.9 Å². The molecule has 0 saturated carbocycles. The highest BCUT2D eigenvalue weighted by Gasteiger charge is 2.18. The second-order valence-corrected chi connectivity index (χ2v) is 3.21. The fraction of sp³-hybridized carbons (Fsp3) is 0. The van der Waals surface area contributed by atoms with Gasteiger partial charge in [-0.15, -0.1) is 0 Å². The van der Waals surface area contributed by atoms with Crippen LogP contribution in [0.15, 0.2) is 18.3 Å². The molecule has 6 nitrogen and oxygen atoms in total. The summed E-state index contributed by atoms with van der Waals surface area (Å²) >= 11 is 0. The normalized spacial score (nSPS) is 10.1. The van der Waals surface area contributed by atoms with Crippen LogP contribution in [0.3, 0.4) is 0 Å². The number of rotatable bonds is 1. The van der Waals surface area contributed by atoms with E-state index in [1.54, 1.807) is 6.07 Å². The van der Waals surface area contributed by atoms with Crippen LogP contribution in [0.5, 0.6) is 5.75 Å². The number of nitro benzene ring substituents is 1. The predicted molar refractivity (Wildman–Crippen MR) is 54.7 cm³/mol. The zero-order valence-electron chi connectivity index (χ0n) is 8.22. The first-order valence-corrected chi connectivity index (χ1v) is 4.40. The summed E-state index contributed by atoms with van der Waals surface area (Å²) in [5.41, 5.74) is -0.854. The van der Waals surface area contributed by atoms with Gasteiger partial charge in [0.05, 0.1) is 15.8 Å². The van der Waals surface area contributed by atoms with Crippen LogP contribution in [-0.4, -0.2) is 15.0 Å². The fourth-order valence-corrected chi connectivity index (χ4v) is 1.41. The van der Waals surface area contributed by atoms with Crippen molar-refractivity contribution in [2.24, 2.45) is 0 Å². The summed E-state index contributed by atoms with van der Waals surface area (Å²) in [6, 6.07) is 3.37. The minimum atomic E-state index is -1.04. The average Bonchev–Trinajstić information content (AvgIpc) is 2.28. The lowest BCUT2D eigenvalue weighted by atomic mass is 10.1. The SMILES string of the molecule is N#Cc1cnc2cc(F)c([N+](=O)[O-])cc2c1O. The molecule has 0 aliphatic carbocycles. The van der Waals surface area contributed by atoms with Gasteiger partial charge in [0, 0.05) is 18.3 Å². The lowest BCUT2D eigenvalue weighted by Gasteiger charge is -2.02. The van der Waals surface area contributed by atoms with E-state index in [1.165, 1.54) is 0 Å². The zero-order valence-corrected chi connectivity index (χ0v) is 8.22. The van der Waals surface area contributed by atoms with E-state index < -0.39 is 22.2 Å². The summed E-state index contributed by atoms with van der Waals surface area (Å²) in [5.74, 6) is -1.49. The van der Waals surface area contributed by atoms with Gasteiger partial charge in [-0.05, 0) is 0 Å². The van der Waals surface area contributed by atoms with Crippen molar-refractivity contribution in [3.05, 3.63) is 39.8 Å². The van der Waals surface area contributed by atoms with Gasteiger partial charge in [-0.25, -0.2) is 0 Å². The third-order valence-corrected chi connectivity index (χ3v) is 2.23. The van der Waals surface area contributed by atoms with Gasteiger partial charge in [-0.3, -0.25) is 15.1 Å². The molecule has 0 fully saturated rings. The molecule has 1 heterocycles. The van der Waals surface area contributed by atoms with Gasteiger partial charge in [0.2, 0.25) is 5.82 Å². The maximum Gasteiger partial charge on any atom is 0.305 e. The number of aromatic hydroxyl groups is 1. The van der Waals surface area contributed by atoms with E-state index in [0.29, 0.717) is 0 Å². The lowest BCUT2D eigenvalue weighted by Crippen LogP contribution is -1.94. The quantitative estimate of drug-likeness (QED) is 0.598. The molecule has 1 aromatic heterocycles. The molecule has 0 amide bonds. The third kappa shape index (κ3) is 1.61. The van der Waals surface area contributed by atoms with Gasteiger partial charge >= 0.3 is 5.69 Å². The number of hydrogen-bond donors (Lipinski definition) is 1. The molecule has 0 radical (unpaired) electrons. The molecule has 0 bridgehead atoms. The van der Waals surface area contributed by atoms with Crippen LogP contribution in [0.4, 0.5) is 10.1 Å². The molecular formula is C10H4FN3O3.